The summed E-state index contributed by atoms with van der Waals surface area (Å²) in [4.78, 5) is 23.9. The van der Waals surface area contributed by atoms with E-state index >= 15 is 0 Å². The fourth-order valence-electron chi connectivity index (χ4n) is 3.74. The van der Waals surface area contributed by atoms with Crippen LogP contribution in [0.4, 0.5) is 0 Å². The summed E-state index contributed by atoms with van der Waals surface area (Å²) in [5.41, 5.74) is 9.02. The van der Waals surface area contributed by atoms with Gasteiger partial charge in [-0.15, -0.1) is 0 Å². The van der Waals surface area contributed by atoms with Crippen LogP contribution in [0, 0.1) is 0 Å². The van der Waals surface area contributed by atoms with Crippen molar-refractivity contribution in [3.05, 3.63) is 65.4 Å². The van der Waals surface area contributed by atoms with Gasteiger partial charge < -0.3 is 10.5 Å². The van der Waals surface area contributed by atoms with Crippen molar-refractivity contribution in [2.75, 3.05) is 20.2 Å². The van der Waals surface area contributed by atoms with Crippen molar-refractivity contribution in [1.82, 2.24) is 14.9 Å². The Hall–Kier alpha value is -2.96. The highest BCUT2D eigenvalue weighted by molar-refractivity contribution is 6.30. The van der Waals surface area contributed by atoms with Crippen molar-refractivity contribution < 1.29 is 9.53 Å². The van der Waals surface area contributed by atoms with E-state index in [4.69, 9.17) is 32.0 Å². The molecule has 7 heteroatoms. The lowest BCUT2D eigenvalue weighted by Gasteiger charge is -2.24. The second-order valence-electron chi connectivity index (χ2n) is 7.28. The number of benzene rings is 2. The number of carbonyl (C=O) groups is 1. The Morgan fingerprint density at radius 3 is 2.03 bits per heavy atom. The molecule has 1 saturated heterocycles. The van der Waals surface area contributed by atoms with E-state index in [0.717, 1.165) is 48.5 Å². The van der Waals surface area contributed by atoms with Gasteiger partial charge in [0.2, 0.25) is 5.91 Å². The number of methoxy groups -OCH3 is 1. The lowest BCUT2D eigenvalue weighted by Crippen LogP contribution is -2.37. The van der Waals surface area contributed by atoms with Crippen LogP contribution in [0.15, 0.2) is 54.6 Å². The van der Waals surface area contributed by atoms with Crippen LogP contribution < -0.4 is 10.5 Å². The van der Waals surface area contributed by atoms with E-state index < -0.39 is 11.9 Å². The van der Waals surface area contributed by atoms with Crippen LogP contribution in [0.25, 0.3) is 22.5 Å². The van der Waals surface area contributed by atoms with Gasteiger partial charge in [0.15, 0.2) is 5.82 Å². The number of rotatable bonds is 6. The molecule has 2 N–H and O–H groups in total. The van der Waals surface area contributed by atoms with Crippen molar-refractivity contribution in [3.63, 3.8) is 0 Å². The summed E-state index contributed by atoms with van der Waals surface area (Å²) >= 11 is 6.05. The smallest absolute Gasteiger partial charge is 0.242 e. The van der Waals surface area contributed by atoms with Gasteiger partial charge in [0.05, 0.1) is 18.5 Å². The van der Waals surface area contributed by atoms with Crippen molar-refractivity contribution in [2.24, 2.45) is 5.73 Å². The Labute approximate surface area is 180 Å². The van der Waals surface area contributed by atoms with Crippen molar-refractivity contribution in [1.29, 1.82) is 0 Å². The third-order valence-electron chi connectivity index (χ3n) is 5.29. The van der Waals surface area contributed by atoms with Crippen LogP contribution in [-0.2, 0) is 4.79 Å². The molecule has 1 atom stereocenters. The predicted octanol–water partition coefficient (Wildman–Crippen LogP) is 4.09. The molecule has 0 aliphatic carbocycles. The lowest BCUT2D eigenvalue weighted by atomic mass is 10.1. The van der Waals surface area contributed by atoms with E-state index in [1.165, 1.54) is 0 Å². The van der Waals surface area contributed by atoms with Gasteiger partial charge in [-0.2, -0.15) is 0 Å². The number of hydrogen-bond donors (Lipinski definition) is 1. The number of carbonyl (C=O) groups excluding carboxylic acids is 1. The monoisotopic (exact) mass is 422 g/mol. The first kappa shape index (κ1) is 20.3. The summed E-state index contributed by atoms with van der Waals surface area (Å²) in [6, 6.07) is 16.3. The van der Waals surface area contributed by atoms with Gasteiger partial charge in [-0.1, -0.05) is 23.7 Å². The standard InChI is InChI=1S/C23H23ClN4O2/c1-30-18-10-6-16(7-11-18)20-14-19(15-4-8-17(24)9-5-15)26-23(27-20)21(22(25)29)28-12-2-3-13-28/h4-11,14,21H,2-3,12-13H2,1H3,(H2,25,29). The Kier molecular flexibility index (Phi) is 5.97. The van der Waals surface area contributed by atoms with Gasteiger partial charge >= 0.3 is 0 Å². The number of likely N-dealkylation sites (tertiary alicyclic amines) is 1. The van der Waals surface area contributed by atoms with E-state index in [9.17, 15) is 4.79 Å². The van der Waals surface area contributed by atoms with Gasteiger partial charge in [0.1, 0.15) is 11.8 Å². The predicted molar refractivity (Wildman–Crippen MR) is 117 cm³/mol. The van der Waals surface area contributed by atoms with E-state index in [0.29, 0.717) is 16.5 Å². The van der Waals surface area contributed by atoms with Gasteiger partial charge in [0.25, 0.3) is 0 Å². The van der Waals surface area contributed by atoms with Crippen molar-refractivity contribution >= 4 is 17.5 Å². The maximum atomic E-state index is 12.4. The zero-order chi connectivity index (χ0) is 21.1. The minimum atomic E-state index is -0.656. The number of aromatic nitrogens is 2. The number of hydrogen-bond acceptors (Lipinski definition) is 5. The summed E-state index contributed by atoms with van der Waals surface area (Å²) in [7, 11) is 1.63. The molecular weight excluding hydrogens is 400 g/mol. The molecule has 0 spiro atoms. The molecule has 1 aliphatic heterocycles. The average molecular weight is 423 g/mol. The van der Waals surface area contributed by atoms with Crippen LogP contribution >= 0.6 is 11.6 Å². The Balaban J connectivity index is 1.84. The molecule has 4 rings (SSSR count). The van der Waals surface area contributed by atoms with E-state index in [1.807, 2.05) is 54.6 Å². The van der Waals surface area contributed by atoms with Crippen LogP contribution in [0.3, 0.4) is 0 Å². The number of halogens is 1. The fraction of sp³-hybridized carbons (Fsp3) is 0.261. The summed E-state index contributed by atoms with van der Waals surface area (Å²) in [5, 5.41) is 0.649. The molecule has 154 valence electrons. The fourth-order valence-corrected chi connectivity index (χ4v) is 3.86. The highest BCUT2D eigenvalue weighted by Crippen LogP contribution is 2.30. The molecule has 1 unspecified atom stereocenters. The van der Waals surface area contributed by atoms with Gasteiger partial charge in [0, 0.05) is 16.1 Å². The molecule has 1 amide bonds. The third-order valence-corrected chi connectivity index (χ3v) is 5.54. The maximum Gasteiger partial charge on any atom is 0.242 e. The second-order valence-corrected chi connectivity index (χ2v) is 7.72. The zero-order valence-electron chi connectivity index (χ0n) is 16.7. The van der Waals surface area contributed by atoms with E-state index in [2.05, 4.69) is 4.90 Å². The summed E-state index contributed by atoms with van der Waals surface area (Å²) in [6.07, 6.45) is 2.07. The van der Waals surface area contributed by atoms with Crippen molar-refractivity contribution in [3.8, 4) is 28.3 Å². The number of amides is 1. The van der Waals surface area contributed by atoms with E-state index in [-0.39, 0.29) is 0 Å². The minimum Gasteiger partial charge on any atom is -0.497 e. The summed E-state index contributed by atoms with van der Waals surface area (Å²) < 4.78 is 5.26. The lowest BCUT2D eigenvalue weighted by molar-refractivity contribution is -0.123. The van der Waals surface area contributed by atoms with Gasteiger partial charge in [-0.05, 0) is 68.4 Å². The third kappa shape index (κ3) is 4.30. The molecule has 2 heterocycles. The number of primary amides is 1. The zero-order valence-corrected chi connectivity index (χ0v) is 17.5. The second kappa shape index (κ2) is 8.81. The maximum absolute atomic E-state index is 12.4. The van der Waals surface area contributed by atoms with Gasteiger partial charge in [-0.3, -0.25) is 9.69 Å². The molecule has 1 aliphatic rings. The first-order chi connectivity index (χ1) is 14.5. The molecule has 30 heavy (non-hydrogen) atoms. The van der Waals surface area contributed by atoms with Gasteiger partial charge in [-0.25, -0.2) is 9.97 Å². The first-order valence-corrected chi connectivity index (χ1v) is 10.3. The molecule has 0 saturated carbocycles. The molecule has 0 radical (unpaired) electrons. The normalized spacial score (nSPS) is 15.1. The highest BCUT2D eigenvalue weighted by Gasteiger charge is 2.31. The minimum absolute atomic E-state index is 0.419. The number of nitrogens with zero attached hydrogens (tertiary/aromatic N) is 3. The molecule has 3 aromatic rings. The number of nitrogens with two attached hydrogens (primary N) is 1. The molecule has 1 fully saturated rings. The molecule has 1 aromatic heterocycles. The SMILES string of the molecule is COc1ccc(-c2cc(-c3ccc(Cl)cc3)nc(C(C(N)=O)N3CCCC3)n2)cc1. The molecule has 2 aromatic carbocycles. The van der Waals surface area contributed by atoms with Crippen LogP contribution in [-0.4, -0.2) is 41.0 Å². The highest BCUT2D eigenvalue weighted by atomic mass is 35.5. The summed E-state index contributed by atoms with van der Waals surface area (Å²) in [6.45, 7) is 1.61. The number of ether oxygens (including phenoxy) is 1. The average Bonchev–Trinajstić information content (AvgIpc) is 3.28. The summed E-state index contributed by atoms with van der Waals surface area (Å²) in [5.74, 6) is 0.742. The van der Waals surface area contributed by atoms with Crippen LogP contribution in [0.1, 0.15) is 24.7 Å². The molecule has 6 nitrogen and oxygen atoms in total. The van der Waals surface area contributed by atoms with Crippen LogP contribution in [0.2, 0.25) is 5.02 Å². The molecule has 0 bridgehead atoms. The largest absolute Gasteiger partial charge is 0.497 e. The van der Waals surface area contributed by atoms with Crippen LogP contribution in [0.5, 0.6) is 5.75 Å². The molecular formula is C23H23ClN4O2. The van der Waals surface area contributed by atoms with E-state index in [1.54, 1.807) is 7.11 Å². The van der Waals surface area contributed by atoms with Crippen molar-refractivity contribution in [2.45, 2.75) is 18.9 Å². The quantitative estimate of drug-likeness (QED) is 0.646. The topological polar surface area (TPSA) is 81.3 Å². The Bertz CT molecular complexity index is 1030. The first-order valence-electron chi connectivity index (χ1n) is 9.88. The Morgan fingerprint density at radius 2 is 1.53 bits per heavy atom. The Morgan fingerprint density at radius 1 is 1.00 bits per heavy atom.